The van der Waals surface area contributed by atoms with Crippen LogP contribution in [0.5, 0.6) is 0 Å². The van der Waals surface area contributed by atoms with Crippen molar-refractivity contribution in [3.63, 3.8) is 0 Å². The molecule has 0 amide bonds. The quantitative estimate of drug-likeness (QED) is 0.825. The molecular weight excluding hydrogens is 308 g/mol. The van der Waals surface area contributed by atoms with Crippen molar-refractivity contribution in [2.75, 3.05) is 11.9 Å². The van der Waals surface area contributed by atoms with E-state index in [0.717, 1.165) is 41.9 Å². The van der Waals surface area contributed by atoms with E-state index in [2.05, 4.69) is 27.8 Å². The van der Waals surface area contributed by atoms with Crippen molar-refractivity contribution in [3.05, 3.63) is 64.7 Å². The molecule has 0 radical (unpaired) electrons. The molecule has 0 fully saturated rings. The van der Waals surface area contributed by atoms with E-state index >= 15 is 0 Å². The second-order valence-electron chi connectivity index (χ2n) is 5.34. The highest BCUT2D eigenvalue weighted by molar-refractivity contribution is 6.31. The van der Waals surface area contributed by atoms with Crippen LogP contribution in [0, 0.1) is 0 Å². The number of fused-ring (bicyclic) bond motifs is 1. The number of benzene rings is 2. The van der Waals surface area contributed by atoms with Crippen molar-refractivity contribution in [2.45, 2.75) is 19.8 Å². The van der Waals surface area contributed by atoms with Crippen molar-refractivity contribution in [3.8, 4) is 0 Å². The Morgan fingerprint density at radius 2 is 1.96 bits per heavy atom. The van der Waals surface area contributed by atoms with Crippen LogP contribution in [-0.4, -0.2) is 18.2 Å². The van der Waals surface area contributed by atoms with E-state index in [9.17, 15) is 0 Å². The minimum atomic E-state index is 0.660. The average Bonchev–Trinajstić information content (AvgIpc) is 2.75. The lowest BCUT2D eigenvalue weighted by atomic mass is 10.0. The molecule has 118 valence electrons. The van der Waals surface area contributed by atoms with E-state index in [4.69, 9.17) is 11.6 Å². The molecule has 0 aromatic heterocycles. The minimum Gasteiger partial charge on any atom is -0.324 e. The van der Waals surface area contributed by atoms with Crippen LogP contribution in [0.4, 0.5) is 5.69 Å². The first kappa shape index (κ1) is 15.6. The summed E-state index contributed by atoms with van der Waals surface area (Å²) >= 11 is 6.19. The number of hydrazone groups is 1. The number of rotatable bonds is 4. The fraction of sp³-hybridized carbons (Fsp3) is 0.222. The molecule has 5 heteroatoms. The van der Waals surface area contributed by atoms with Crippen molar-refractivity contribution in [1.29, 1.82) is 0 Å². The van der Waals surface area contributed by atoms with E-state index in [-0.39, 0.29) is 0 Å². The molecule has 1 aliphatic heterocycles. The Labute approximate surface area is 141 Å². The molecule has 2 aromatic carbocycles. The molecule has 1 heterocycles. The Bertz CT molecular complexity index is 738. The molecule has 1 aliphatic rings. The Morgan fingerprint density at radius 3 is 2.74 bits per heavy atom. The summed E-state index contributed by atoms with van der Waals surface area (Å²) < 4.78 is 0. The monoisotopic (exact) mass is 326 g/mol. The van der Waals surface area contributed by atoms with Crippen LogP contribution in [0.15, 0.2) is 58.6 Å². The predicted octanol–water partition coefficient (Wildman–Crippen LogP) is 4.26. The maximum absolute atomic E-state index is 6.19. The van der Waals surface area contributed by atoms with Crippen molar-refractivity contribution in [1.82, 2.24) is 5.43 Å². The van der Waals surface area contributed by atoms with Crippen molar-refractivity contribution < 1.29 is 0 Å². The summed E-state index contributed by atoms with van der Waals surface area (Å²) in [6, 6.07) is 15.8. The highest BCUT2D eigenvalue weighted by Crippen LogP contribution is 2.25. The molecule has 3 rings (SSSR count). The molecule has 0 unspecified atom stereocenters. The van der Waals surface area contributed by atoms with Gasteiger partial charge in [0, 0.05) is 22.7 Å². The standard InChI is InChI=1S/C18H19ClN4/c1-2-3-11-20-18-21-16-10-9-14(19)12-15(16)17(22-23-18)13-7-5-4-6-8-13/h4-10,12H,2-3,11H2,1H3,(H2,20,21,23). The molecule has 2 aromatic rings. The van der Waals surface area contributed by atoms with Crippen LogP contribution < -0.4 is 10.7 Å². The molecule has 23 heavy (non-hydrogen) atoms. The summed E-state index contributed by atoms with van der Waals surface area (Å²) in [4.78, 5) is 4.54. The van der Waals surface area contributed by atoms with Crippen LogP contribution in [0.1, 0.15) is 30.9 Å². The number of hydrogen-bond donors (Lipinski definition) is 2. The predicted molar refractivity (Wildman–Crippen MR) is 97.5 cm³/mol. The van der Waals surface area contributed by atoms with Crippen LogP contribution >= 0.6 is 11.6 Å². The number of hydrogen-bond acceptors (Lipinski definition) is 2. The van der Waals surface area contributed by atoms with Crippen LogP contribution in [0.25, 0.3) is 0 Å². The zero-order valence-corrected chi connectivity index (χ0v) is 13.8. The molecule has 0 saturated heterocycles. The largest absolute Gasteiger partial charge is 0.324 e. The lowest BCUT2D eigenvalue weighted by Gasteiger charge is -2.10. The van der Waals surface area contributed by atoms with Crippen LogP contribution in [-0.2, 0) is 0 Å². The van der Waals surface area contributed by atoms with E-state index in [1.165, 1.54) is 0 Å². The maximum atomic E-state index is 6.19. The number of unbranched alkanes of at least 4 members (excludes halogenated alkanes) is 1. The molecule has 2 N–H and O–H groups in total. The topological polar surface area (TPSA) is 48.8 Å². The number of aliphatic imine (C=N–C) groups is 1. The fourth-order valence-electron chi connectivity index (χ4n) is 2.39. The van der Waals surface area contributed by atoms with Gasteiger partial charge in [0.05, 0.1) is 11.4 Å². The number of halogens is 1. The zero-order chi connectivity index (χ0) is 16.1. The first-order chi connectivity index (χ1) is 11.3. The number of nitrogens with one attached hydrogen (secondary N) is 2. The van der Waals surface area contributed by atoms with Gasteiger partial charge in [-0.3, -0.25) is 4.99 Å². The summed E-state index contributed by atoms with van der Waals surface area (Å²) in [6.07, 6.45) is 2.16. The summed E-state index contributed by atoms with van der Waals surface area (Å²) in [5.74, 6) is 0.660. The molecule has 0 saturated carbocycles. The van der Waals surface area contributed by atoms with Crippen LogP contribution in [0.2, 0.25) is 5.02 Å². The van der Waals surface area contributed by atoms with Crippen molar-refractivity contribution >= 4 is 29.0 Å². The second-order valence-corrected chi connectivity index (χ2v) is 5.77. The smallest absolute Gasteiger partial charge is 0.216 e. The third-order valence-corrected chi connectivity index (χ3v) is 3.83. The van der Waals surface area contributed by atoms with E-state index in [0.29, 0.717) is 11.0 Å². The van der Waals surface area contributed by atoms with Gasteiger partial charge in [0.1, 0.15) is 0 Å². The van der Waals surface area contributed by atoms with Crippen molar-refractivity contribution in [2.24, 2.45) is 10.1 Å². The average molecular weight is 327 g/mol. The summed E-state index contributed by atoms with van der Waals surface area (Å²) in [5, 5.41) is 8.54. The van der Waals surface area contributed by atoms with Gasteiger partial charge in [-0.15, -0.1) is 0 Å². The lowest BCUT2D eigenvalue weighted by molar-refractivity contribution is 0.801. The summed E-state index contributed by atoms with van der Waals surface area (Å²) in [7, 11) is 0. The first-order valence-electron chi connectivity index (χ1n) is 7.78. The first-order valence-corrected chi connectivity index (χ1v) is 8.16. The van der Waals surface area contributed by atoms with E-state index in [1.54, 1.807) is 0 Å². The maximum Gasteiger partial charge on any atom is 0.216 e. The second kappa shape index (κ2) is 7.29. The Morgan fingerprint density at radius 1 is 1.13 bits per heavy atom. The molecule has 0 atom stereocenters. The molecule has 0 bridgehead atoms. The van der Waals surface area contributed by atoms with Gasteiger partial charge in [0.25, 0.3) is 0 Å². The molecular formula is C18H19ClN4. The van der Waals surface area contributed by atoms with Crippen LogP contribution in [0.3, 0.4) is 0 Å². The van der Waals surface area contributed by atoms with Gasteiger partial charge < -0.3 is 5.32 Å². The van der Waals surface area contributed by atoms with Gasteiger partial charge >= 0.3 is 0 Å². The normalized spacial score (nSPS) is 15.2. The Hall–Kier alpha value is -2.33. The van der Waals surface area contributed by atoms with Gasteiger partial charge in [-0.1, -0.05) is 55.3 Å². The lowest BCUT2D eigenvalue weighted by Crippen LogP contribution is -2.25. The number of nitrogens with zero attached hydrogens (tertiary/aromatic N) is 2. The summed E-state index contributed by atoms with van der Waals surface area (Å²) in [5.41, 5.74) is 6.81. The number of anilines is 1. The summed E-state index contributed by atoms with van der Waals surface area (Å²) in [6.45, 7) is 2.92. The zero-order valence-electron chi connectivity index (χ0n) is 13.0. The molecule has 0 spiro atoms. The third kappa shape index (κ3) is 3.71. The number of guanidine groups is 1. The van der Waals surface area contributed by atoms with Gasteiger partial charge in [0.15, 0.2) is 0 Å². The Balaban J connectivity index is 2.02. The third-order valence-electron chi connectivity index (χ3n) is 3.59. The molecule has 0 aliphatic carbocycles. The van der Waals surface area contributed by atoms with Gasteiger partial charge in [-0.05, 0) is 24.6 Å². The fourth-order valence-corrected chi connectivity index (χ4v) is 2.56. The van der Waals surface area contributed by atoms with E-state index < -0.39 is 0 Å². The Kier molecular flexibility index (Phi) is 4.93. The molecule has 4 nitrogen and oxygen atoms in total. The van der Waals surface area contributed by atoms with E-state index in [1.807, 2.05) is 48.5 Å². The minimum absolute atomic E-state index is 0.660. The van der Waals surface area contributed by atoms with Gasteiger partial charge in [-0.25, -0.2) is 5.43 Å². The van der Waals surface area contributed by atoms with Gasteiger partial charge in [-0.2, -0.15) is 5.10 Å². The highest BCUT2D eigenvalue weighted by Gasteiger charge is 2.17. The van der Waals surface area contributed by atoms with Gasteiger partial charge in [0.2, 0.25) is 5.96 Å². The SMILES string of the molecule is CCCCN=C1NN=C(c2ccccc2)c2cc(Cl)ccc2N1. The highest BCUT2D eigenvalue weighted by atomic mass is 35.5.